The molecule has 8 heteroatoms. The van der Waals surface area contributed by atoms with Gasteiger partial charge in [-0.1, -0.05) is 41.9 Å². The van der Waals surface area contributed by atoms with Crippen molar-refractivity contribution in [1.82, 2.24) is 4.90 Å². The molecule has 0 atom stereocenters. The summed E-state index contributed by atoms with van der Waals surface area (Å²) in [6.07, 6.45) is 1.55. The van der Waals surface area contributed by atoms with Crippen LogP contribution >= 0.6 is 23.4 Å². The topological polar surface area (TPSA) is 75.7 Å². The highest BCUT2D eigenvalue weighted by Crippen LogP contribution is 2.33. The number of hydrogen-bond donors (Lipinski definition) is 1. The molecule has 1 aliphatic heterocycles. The molecule has 0 bridgehead atoms. The maximum atomic E-state index is 12.5. The van der Waals surface area contributed by atoms with E-state index in [0.29, 0.717) is 22.0 Å². The highest BCUT2D eigenvalue weighted by molar-refractivity contribution is 8.18. The molecule has 0 unspecified atom stereocenters. The second-order valence-electron chi connectivity index (χ2n) is 5.54. The number of ether oxygens (including phenoxy) is 1. The molecule has 3 rings (SSSR count). The summed E-state index contributed by atoms with van der Waals surface area (Å²) in [5.74, 6) is -0.542. The third-order valence-electron chi connectivity index (χ3n) is 3.75. The number of hydrogen-bond acceptors (Lipinski definition) is 5. The van der Waals surface area contributed by atoms with Gasteiger partial charge in [0.15, 0.2) is 0 Å². The number of imide groups is 1. The largest absolute Gasteiger partial charge is 0.495 e. The first-order valence-corrected chi connectivity index (χ1v) is 9.12. The molecule has 6 nitrogen and oxygen atoms in total. The molecular formula is C19H15ClN2O4S. The number of carbonyl (C=O) groups excluding carboxylic acids is 3. The van der Waals surface area contributed by atoms with Crippen LogP contribution in [0.1, 0.15) is 5.56 Å². The number of nitrogens with zero attached hydrogens (tertiary/aromatic N) is 1. The summed E-state index contributed by atoms with van der Waals surface area (Å²) >= 11 is 6.86. The lowest BCUT2D eigenvalue weighted by atomic mass is 10.2. The SMILES string of the molecule is COc1ccccc1NC(=O)CN1C(=O)S/C(=C/c2ccccc2Cl)C1=O. The van der Waals surface area contributed by atoms with E-state index in [0.717, 1.165) is 16.7 Å². The predicted octanol–water partition coefficient (Wildman–Crippen LogP) is 4.02. The monoisotopic (exact) mass is 402 g/mol. The molecule has 1 fully saturated rings. The second-order valence-corrected chi connectivity index (χ2v) is 6.94. The van der Waals surface area contributed by atoms with Crippen molar-refractivity contribution < 1.29 is 19.1 Å². The van der Waals surface area contributed by atoms with E-state index >= 15 is 0 Å². The third kappa shape index (κ3) is 4.32. The molecule has 27 heavy (non-hydrogen) atoms. The van der Waals surface area contributed by atoms with Crippen molar-refractivity contribution in [3.63, 3.8) is 0 Å². The minimum Gasteiger partial charge on any atom is -0.495 e. The fourth-order valence-electron chi connectivity index (χ4n) is 2.45. The van der Waals surface area contributed by atoms with Crippen LogP contribution in [-0.2, 0) is 9.59 Å². The summed E-state index contributed by atoms with van der Waals surface area (Å²) < 4.78 is 5.17. The molecule has 0 aromatic heterocycles. The van der Waals surface area contributed by atoms with Gasteiger partial charge in [-0.15, -0.1) is 0 Å². The summed E-state index contributed by atoms with van der Waals surface area (Å²) in [5, 5.41) is 2.61. The Hall–Kier alpha value is -2.77. The van der Waals surface area contributed by atoms with E-state index in [4.69, 9.17) is 16.3 Å². The molecule has 1 N–H and O–H groups in total. The predicted molar refractivity (Wildman–Crippen MR) is 106 cm³/mol. The van der Waals surface area contributed by atoms with E-state index < -0.39 is 17.1 Å². The van der Waals surface area contributed by atoms with Crippen LogP contribution < -0.4 is 10.1 Å². The average molecular weight is 403 g/mol. The van der Waals surface area contributed by atoms with Crippen LogP contribution in [-0.4, -0.2) is 35.6 Å². The Bertz CT molecular complexity index is 945. The first kappa shape index (κ1) is 19.0. The molecule has 0 radical (unpaired) electrons. The number of amides is 3. The quantitative estimate of drug-likeness (QED) is 0.764. The molecular weight excluding hydrogens is 388 g/mol. The number of methoxy groups -OCH3 is 1. The van der Waals surface area contributed by atoms with Crippen molar-refractivity contribution in [3.8, 4) is 5.75 Å². The van der Waals surface area contributed by atoms with Crippen LogP contribution in [0.5, 0.6) is 5.75 Å². The van der Waals surface area contributed by atoms with Gasteiger partial charge in [0.25, 0.3) is 11.1 Å². The van der Waals surface area contributed by atoms with Crippen LogP contribution in [0.15, 0.2) is 53.4 Å². The summed E-state index contributed by atoms with van der Waals surface area (Å²) in [6, 6.07) is 13.9. The minimum absolute atomic E-state index is 0.221. The van der Waals surface area contributed by atoms with E-state index in [1.165, 1.54) is 7.11 Å². The number of halogens is 1. The molecule has 1 heterocycles. The molecule has 0 saturated carbocycles. The van der Waals surface area contributed by atoms with Crippen molar-refractivity contribution in [2.75, 3.05) is 19.0 Å². The standard InChI is InChI=1S/C19H15ClN2O4S/c1-26-15-9-5-4-8-14(15)21-17(23)11-22-18(24)16(27-19(22)25)10-12-6-2-3-7-13(12)20/h2-10H,11H2,1H3,(H,21,23)/b16-10+. The van der Waals surface area contributed by atoms with Gasteiger partial charge in [0.05, 0.1) is 17.7 Å². The maximum Gasteiger partial charge on any atom is 0.294 e. The smallest absolute Gasteiger partial charge is 0.294 e. The van der Waals surface area contributed by atoms with Gasteiger partial charge in [-0.3, -0.25) is 19.3 Å². The number of rotatable bonds is 5. The average Bonchev–Trinajstić information content (AvgIpc) is 2.91. The van der Waals surface area contributed by atoms with Crippen LogP contribution in [0.3, 0.4) is 0 Å². The molecule has 1 aliphatic rings. The Morgan fingerprint density at radius 1 is 1.19 bits per heavy atom. The molecule has 3 amide bonds. The lowest BCUT2D eigenvalue weighted by Crippen LogP contribution is -2.36. The highest BCUT2D eigenvalue weighted by atomic mass is 35.5. The Morgan fingerprint density at radius 3 is 2.63 bits per heavy atom. The zero-order valence-corrected chi connectivity index (χ0v) is 15.8. The number of benzene rings is 2. The summed E-state index contributed by atoms with van der Waals surface area (Å²) in [7, 11) is 1.49. The van der Waals surface area contributed by atoms with E-state index in [-0.39, 0.29) is 11.4 Å². The van der Waals surface area contributed by atoms with E-state index in [2.05, 4.69) is 5.32 Å². The summed E-state index contributed by atoms with van der Waals surface area (Å²) in [6.45, 7) is -0.386. The second kappa shape index (κ2) is 8.28. The summed E-state index contributed by atoms with van der Waals surface area (Å²) in [5.41, 5.74) is 1.09. The Labute approximate surface area is 165 Å². The van der Waals surface area contributed by atoms with Crippen molar-refractivity contribution in [3.05, 3.63) is 64.0 Å². The molecule has 1 saturated heterocycles. The lowest BCUT2D eigenvalue weighted by molar-refractivity contribution is -0.127. The zero-order chi connectivity index (χ0) is 19.4. The minimum atomic E-state index is -0.528. The van der Waals surface area contributed by atoms with Gasteiger partial charge in [-0.2, -0.15) is 0 Å². The van der Waals surface area contributed by atoms with Gasteiger partial charge in [0.2, 0.25) is 5.91 Å². The van der Waals surface area contributed by atoms with Gasteiger partial charge < -0.3 is 10.1 Å². The normalized spacial score (nSPS) is 15.3. The van der Waals surface area contributed by atoms with Gasteiger partial charge >= 0.3 is 0 Å². The number of anilines is 1. The Balaban J connectivity index is 1.72. The van der Waals surface area contributed by atoms with Gasteiger partial charge in [0.1, 0.15) is 12.3 Å². The Morgan fingerprint density at radius 2 is 1.89 bits per heavy atom. The van der Waals surface area contributed by atoms with Crippen molar-refractivity contribution in [2.45, 2.75) is 0 Å². The van der Waals surface area contributed by atoms with E-state index in [9.17, 15) is 14.4 Å². The van der Waals surface area contributed by atoms with Crippen LogP contribution in [0.2, 0.25) is 5.02 Å². The van der Waals surface area contributed by atoms with Gasteiger partial charge in [-0.25, -0.2) is 0 Å². The number of thioether (sulfide) groups is 1. The van der Waals surface area contributed by atoms with Crippen molar-refractivity contribution in [2.24, 2.45) is 0 Å². The fourth-order valence-corrected chi connectivity index (χ4v) is 3.47. The fraction of sp³-hybridized carbons (Fsp3) is 0.105. The highest BCUT2D eigenvalue weighted by Gasteiger charge is 2.36. The maximum absolute atomic E-state index is 12.5. The molecule has 138 valence electrons. The molecule has 0 aliphatic carbocycles. The van der Waals surface area contributed by atoms with Crippen LogP contribution in [0.25, 0.3) is 6.08 Å². The van der Waals surface area contributed by atoms with Gasteiger partial charge in [-0.05, 0) is 41.6 Å². The van der Waals surface area contributed by atoms with E-state index in [1.54, 1.807) is 54.6 Å². The third-order valence-corrected chi connectivity index (χ3v) is 5.00. The van der Waals surface area contributed by atoms with Crippen molar-refractivity contribution in [1.29, 1.82) is 0 Å². The van der Waals surface area contributed by atoms with Gasteiger partial charge in [0, 0.05) is 5.02 Å². The lowest BCUT2D eigenvalue weighted by Gasteiger charge is -2.14. The molecule has 0 spiro atoms. The Kier molecular flexibility index (Phi) is 5.83. The first-order chi connectivity index (χ1) is 13.0. The van der Waals surface area contributed by atoms with Crippen LogP contribution in [0.4, 0.5) is 10.5 Å². The molecule has 2 aromatic carbocycles. The number of para-hydroxylation sites is 2. The van der Waals surface area contributed by atoms with Crippen molar-refractivity contribution >= 4 is 52.2 Å². The number of carbonyl (C=O) groups is 3. The molecule has 2 aromatic rings. The summed E-state index contributed by atoms with van der Waals surface area (Å²) in [4.78, 5) is 38.1. The van der Waals surface area contributed by atoms with E-state index in [1.807, 2.05) is 0 Å². The first-order valence-electron chi connectivity index (χ1n) is 7.92. The van der Waals surface area contributed by atoms with Crippen LogP contribution in [0, 0.1) is 0 Å². The zero-order valence-electron chi connectivity index (χ0n) is 14.3. The number of nitrogens with one attached hydrogen (secondary N) is 1.